The fourth-order valence-electron chi connectivity index (χ4n) is 4.20. The number of fused-ring (bicyclic) bond motifs is 2. The Labute approximate surface area is 206 Å². The lowest BCUT2D eigenvalue weighted by molar-refractivity contribution is 0.254. The molecule has 0 atom stereocenters. The van der Waals surface area contributed by atoms with Gasteiger partial charge >= 0.3 is 0 Å². The van der Waals surface area contributed by atoms with Crippen LogP contribution in [0.4, 0.5) is 5.69 Å². The largest absolute Gasteiger partial charge is 0.291 e. The third kappa shape index (κ3) is 6.01. The normalized spacial score (nSPS) is 11.5. The molecule has 0 amide bonds. The Morgan fingerprint density at radius 2 is 1.20 bits per heavy atom. The molecule has 0 bridgehead atoms. The minimum absolute atomic E-state index is 0.572. The molecular weight excluding hydrogens is 456 g/mol. The highest BCUT2D eigenvalue weighted by atomic mass is 32.2. The van der Waals surface area contributed by atoms with Crippen LogP contribution in [0, 0.1) is 0 Å². The molecule has 0 radical (unpaired) electrons. The van der Waals surface area contributed by atoms with Crippen LogP contribution in [-0.2, 0) is 30.4 Å². The molecule has 0 saturated carbocycles. The molecule has 0 spiro atoms. The molecule has 2 heterocycles. The number of aromatic nitrogens is 2. The lowest BCUT2D eigenvalue weighted by atomic mass is 10.1. The summed E-state index contributed by atoms with van der Waals surface area (Å²) < 4.78 is 24.2. The number of hydrogen-bond acceptors (Lipinski definition) is 5. The van der Waals surface area contributed by atoms with Gasteiger partial charge in [0.1, 0.15) is 0 Å². The van der Waals surface area contributed by atoms with E-state index in [9.17, 15) is 8.42 Å². The molecule has 2 aromatic heterocycles. The van der Waals surface area contributed by atoms with Gasteiger partial charge in [0, 0.05) is 36.1 Å². The number of anilines is 1. The first kappa shape index (κ1) is 23.0. The Morgan fingerprint density at radius 1 is 0.657 bits per heavy atom. The van der Waals surface area contributed by atoms with Gasteiger partial charge in [-0.1, -0.05) is 60.7 Å². The van der Waals surface area contributed by atoms with Gasteiger partial charge in [-0.05, 0) is 48.4 Å². The zero-order valence-electron chi connectivity index (χ0n) is 19.2. The summed E-state index contributed by atoms with van der Waals surface area (Å²) in [4.78, 5) is 12.1. The highest BCUT2D eigenvalue weighted by Gasteiger charge is 2.11. The second-order valence-electron chi connectivity index (χ2n) is 8.52. The van der Waals surface area contributed by atoms with Crippen molar-refractivity contribution in [3.63, 3.8) is 0 Å². The highest BCUT2D eigenvalue weighted by molar-refractivity contribution is 7.73. The van der Waals surface area contributed by atoms with E-state index in [1.165, 1.54) is 0 Å². The average molecular weight is 483 g/mol. The van der Waals surface area contributed by atoms with Crippen molar-refractivity contribution >= 4 is 38.4 Å². The van der Waals surface area contributed by atoms with Crippen molar-refractivity contribution in [3.8, 4) is 0 Å². The van der Waals surface area contributed by atoms with Crippen LogP contribution in [0.2, 0.25) is 0 Å². The molecule has 5 rings (SSSR count). The van der Waals surface area contributed by atoms with Gasteiger partial charge in [-0.2, -0.15) is 0 Å². The first-order chi connectivity index (χ1) is 17.1. The Bertz CT molecular complexity index is 1440. The predicted molar refractivity (Wildman–Crippen MR) is 142 cm³/mol. The molecule has 1 N–H and O–H groups in total. The van der Waals surface area contributed by atoms with Crippen LogP contribution < -0.4 is 4.72 Å². The predicted octanol–water partition coefficient (Wildman–Crippen LogP) is 4.97. The minimum atomic E-state index is -2.66. The van der Waals surface area contributed by atoms with Crippen molar-refractivity contribution < 1.29 is 8.42 Å². The smallest absolute Gasteiger partial charge is 0.222 e. The summed E-state index contributed by atoms with van der Waals surface area (Å²) in [7, 11) is -2.66. The number of benzene rings is 3. The van der Waals surface area contributed by atoms with Gasteiger partial charge in [0.25, 0.3) is 0 Å². The van der Waals surface area contributed by atoms with E-state index in [1.807, 2.05) is 48.5 Å². The summed E-state index contributed by atoms with van der Waals surface area (Å²) in [6.07, 6.45) is 0.824. The number of pyridine rings is 2. The van der Waals surface area contributed by atoms with Gasteiger partial charge in [-0.25, -0.2) is 8.42 Å². The first-order valence-electron chi connectivity index (χ1n) is 11.5. The molecule has 0 fully saturated rings. The summed E-state index contributed by atoms with van der Waals surface area (Å²) in [6.45, 7) is 2.22. The number of para-hydroxylation sites is 2. The number of nitrogens with one attached hydrogen (secondary N) is 1. The van der Waals surface area contributed by atoms with Gasteiger partial charge in [-0.15, -0.1) is 0 Å². The Hall–Kier alpha value is -3.81. The summed E-state index contributed by atoms with van der Waals surface area (Å²) in [5.74, 6) is 0. The van der Waals surface area contributed by atoms with Crippen LogP contribution >= 0.6 is 0 Å². The average Bonchev–Trinajstić information content (AvgIpc) is 2.88. The molecular formula is C28H26N4O2S. The van der Waals surface area contributed by atoms with Crippen LogP contribution in [0.25, 0.3) is 21.8 Å². The highest BCUT2D eigenvalue weighted by Crippen LogP contribution is 2.17. The molecule has 0 aliphatic rings. The number of thiol groups is 1. The third-order valence-corrected chi connectivity index (χ3v) is 6.42. The van der Waals surface area contributed by atoms with E-state index < -0.39 is 10.9 Å². The van der Waals surface area contributed by atoms with Gasteiger partial charge in [0.2, 0.25) is 10.9 Å². The van der Waals surface area contributed by atoms with E-state index in [4.69, 9.17) is 9.97 Å². The van der Waals surface area contributed by atoms with Crippen molar-refractivity contribution in [2.24, 2.45) is 0 Å². The van der Waals surface area contributed by atoms with Gasteiger partial charge in [0.15, 0.2) is 0 Å². The van der Waals surface area contributed by atoms with Crippen LogP contribution in [0.5, 0.6) is 0 Å². The minimum Gasteiger partial charge on any atom is -0.291 e. The van der Waals surface area contributed by atoms with Crippen molar-refractivity contribution in [2.75, 3.05) is 11.3 Å². The number of hydrogen-bond donors (Lipinski definition) is 2. The number of nitrogens with zero attached hydrogens (tertiary/aromatic N) is 3. The van der Waals surface area contributed by atoms with E-state index in [-0.39, 0.29) is 0 Å². The standard InChI is InChI=1S/C28H26N4O2S/c33-35(34)31-24-13-9-21(10-14-24)17-18-32(19-25-15-11-22-5-1-3-7-27(22)29-25)20-26-16-12-23-6-2-4-8-28(23)30-26/h1-16,35H,17-20H2,(H,31,33,34). The van der Waals surface area contributed by atoms with E-state index >= 15 is 0 Å². The monoisotopic (exact) mass is 482 g/mol. The van der Waals surface area contributed by atoms with E-state index in [0.717, 1.165) is 51.7 Å². The maximum Gasteiger partial charge on any atom is 0.222 e. The Morgan fingerprint density at radius 3 is 1.74 bits per heavy atom. The topological polar surface area (TPSA) is 75.2 Å². The van der Waals surface area contributed by atoms with Crippen LogP contribution in [0.1, 0.15) is 17.0 Å². The molecule has 5 aromatic rings. The molecule has 3 aromatic carbocycles. The van der Waals surface area contributed by atoms with Crippen LogP contribution in [-0.4, -0.2) is 29.8 Å². The van der Waals surface area contributed by atoms with Gasteiger partial charge < -0.3 is 0 Å². The zero-order valence-corrected chi connectivity index (χ0v) is 20.1. The fourth-order valence-corrected chi connectivity index (χ4v) is 4.56. The van der Waals surface area contributed by atoms with E-state index in [0.29, 0.717) is 18.8 Å². The third-order valence-electron chi connectivity index (χ3n) is 5.97. The molecule has 0 aliphatic carbocycles. The van der Waals surface area contributed by atoms with Crippen molar-refractivity contribution in [3.05, 3.63) is 114 Å². The van der Waals surface area contributed by atoms with Gasteiger partial charge in [0.05, 0.1) is 22.4 Å². The summed E-state index contributed by atoms with van der Waals surface area (Å²) >= 11 is 0. The maximum absolute atomic E-state index is 10.9. The van der Waals surface area contributed by atoms with E-state index in [1.54, 1.807) is 12.1 Å². The molecule has 176 valence electrons. The molecule has 7 heteroatoms. The summed E-state index contributed by atoms with van der Waals surface area (Å²) in [5.41, 5.74) is 5.73. The van der Waals surface area contributed by atoms with Crippen molar-refractivity contribution in [1.82, 2.24) is 14.9 Å². The van der Waals surface area contributed by atoms with Crippen molar-refractivity contribution in [1.29, 1.82) is 0 Å². The summed E-state index contributed by atoms with van der Waals surface area (Å²) in [5, 5.41) is 2.26. The molecule has 6 nitrogen and oxygen atoms in total. The quantitative estimate of drug-likeness (QED) is 0.290. The lowest BCUT2D eigenvalue weighted by Crippen LogP contribution is -2.26. The van der Waals surface area contributed by atoms with Gasteiger partial charge in [-0.3, -0.25) is 19.6 Å². The van der Waals surface area contributed by atoms with E-state index in [2.05, 4.69) is 46.0 Å². The summed E-state index contributed by atoms with van der Waals surface area (Å²) in [6, 6.07) is 32.2. The molecule has 0 aliphatic heterocycles. The molecule has 35 heavy (non-hydrogen) atoms. The van der Waals surface area contributed by atoms with Crippen LogP contribution in [0.3, 0.4) is 0 Å². The second-order valence-corrected chi connectivity index (χ2v) is 9.25. The van der Waals surface area contributed by atoms with Crippen LogP contribution in [0.15, 0.2) is 97.1 Å². The maximum atomic E-state index is 10.9. The zero-order chi connectivity index (χ0) is 24.0. The molecule has 0 unspecified atom stereocenters. The Kier molecular flexibility index (Phi) is 6.97. The lowest BCUT2D eigenvalue weighted by Gasteiger charge is -2.22. The fraction of sp³-hybridized carbons (Fsp3) is 0.143. The SMILES string of the molecule is O=[SH](=O)Nc1ccc(CCN(Cc2ccc3ccccc3n2)Cc2ccc3ccccc3n2)cc1. The number of rotatable bonds is 9. The van der Waals surface area contributed by atoms with Crippen molar-refractivity contribution in [2.45, 2.75) is 19.5 Å². The first-order valence-corrected chi connectivity index (χ1v) is 12.7. The Balaban J connectivity index is 1.36. The second kappa shape index (κ2) is 10.6. The molecule has 0 saturated heterocycles.